The Morgan fingerprint density at radius 3 is 2.42 bits per heavy atom. The fourth-order valence-corrected chi connectivity index (χ4v) is 3.57. The van der Waals surface area contributed by atoms with Crippen LogP contribution in [0.2, 0.25) is 0 Å². The second-order valence-corrected chi connectivity index (χ2v) is 6.95. The first kappa shape index (κ1) is 23.5. The van der Waals surface area contributed by atoms with Crippen molar-refractivity contribution in [3.05, 3.63) is 85.5 Å². The predicted octanol–water partition coefficient (Wildman–Crippen LogP) is 1.93. The smallest absolute Gasteiger partial charge is 0.295 e. The molecule has 2 aromatic rings. The number of hydrogen-bond acceptors (Lipinski definition) is 9. The highest BCUT2D eigenvalue weighted by Crippen LogP contribution is 2.42. The standard InChI is InChI=1S/C21H19N3O9/c25-9-11-33-10-8-22-18(15-6-1-2-7-16(15)24(31)32)17(20(27)21(22)28)19(26)13-4-3-5-14(12-13)23(29)30/h1-7,12,18,25-26H,8-11H2. The van der Waals surface area contributed by atoms with Gasteiger partial charge in [0.25, 0.3) is 23.1 Å². The summed E-state index contributed by atoms with van der Waals surface area (Å²) < 4.78 is 5.17. The number of nitro benzene ring substituents is 2. The molecule has 33 heavy (non-hydrogen) atoms. The van der Waals surface area contributed by atoms with Gasteiger partial charge in [-0.25, -0.2) is 0 Å². The molecule has 0 radical (unpaired) electrons. The molecule has 1 aliphatic rings. The number of hydrogen-bond donors (Lipinski definition) is 2. The van der Waals surface area contributed by atoms with Crippen LogP contribution in [0.15, 0.2) is 54.1 Å². The maximum atomic E-state index is 12.9. The SMILES string of the molecule is O=C1C(=O)N(CCOCCO)C(c2ccccc2[N+](=O)[O-])C1=C(O)c1cccc([N+](=O)[O-])c1. The van der Waals surface area contributed by atoms with E-state index in [1.165, 1.54) is 42.5 Å². The van der Waals surface area contributed by atoms with E-state index in [1.54, 1.807) is 0 Å². The molecule has 1 saturated heterocycles. The van der Waals surface area contributed by atoms with Crippen molar-refractivity contribution >= 4 is 28.8 Å². The van der Waals surface area contributed by atoms with Crippen LogP contribution >= 0.6 is 0 Å². The first-order valence-corrected chi connectivity index (χ1v) is 9.73. The van der Waals surface area contributed by atoms with Crippen molar-refractivity contribution in [3.63, 3.8) is 0 Å². The van der Waals surface area contributed by atoms with E-state index in [1.807, 2.05) is 0 Å². The molecule has 1 unspecified atom stereocenters. The van der Waals surface area contributed by atoms with Crippen molar-refractivity contribution in [2.45, 2.75) is 6.04 Å². The zero-order valence-electron chi connectivity index (χ0n) is 17.1. The minimum Gasteiger partial charge on any atom is -0.507 e. The number of amides is 1. The van der Waals surface area contributed by atoms with E-state index in [4.69, 9.17) is 9.84 Å². The van der Waals surface area contributed by atoms with E-state index in [0.29, 0.717) is 0 Å². The highest BCUT2D eigenvalue weighted by atomic mass is 16.6. The molecule has 0 spiro atoms. The Morgan fingerprint density at radius 2 is 1.76 bits per heavy atom. The average molecular weight is 457 g/mol. The van der Waals surface area contributed by atoms with E-state index in [2.05, 4.69) is 0 Å². The maximum Gasteiger partial charge on any atom is 0.295 e. The lowest BCUT2D eigenvalue weighted by Gasteiger charge is -2.25. The number of nitrogens with zero attached hydrogens (tertiary/aromatic N) is 3. The normalized spacial score (nSPS) is 17.4. The largest absolute Gasteiger partial charge is 0.507 e. The van der Waals surface area contributed by atoms with Gasteiger partial charge in [-0.3, -0.25) is 29.8 Å². The van der Waals surface area contributed by atoms with Gasteiger partial charge in [0, 0.05) is 30.3 Å². The summed E-state index contributed by atoms with van der Waals surface area (Å²) in [7, 11) is 0. The number of rotatable bonds is 9. The lowest BCUT2D eigenvalue weighted by Crippen LogP contribution is -2.33. The summed E-state index contributed by atoms with van der Waals surface area (Å²) in [6.45, 7) is -0.526. The van der Waals surface area contributed by atoms with Gasteiger partial charge >= 0.3 is 0 Å². The van der Waals surface area contributed by atoms with Crippen LogP contribution in [0.25, 0.3) is 5.76 Å². The number of ether oxygens (including phenoxy) is 1. The summed E-state index contributed by atoms with van der Waals surface area (Å²) >= 11 is 0. The number of non-ortho nitro benzene ring substituents is 1. The quantitative estimate of drug-likeness (QED) is 0.142. The fourth-order valence-electron chi connectivity index (χ4n) is 3.57. The molecule has 1 atom stereocenters. The monoisotopic (exact) mass is 457 g/mol. The number of para-hydroxylation sites is 1. The second-order valence-electron chi connectivity index (χ2n) is 6.95. The van der Waals surface area contributed by atoms with Crippen molar-refractivity contribution < 1.29 is 34.4 Å². The first-order chi connectivity index (χ1) is 15.8. The Morgan fingerprint density at radius 1 is 1.03 bits per heavy atom. The van der Waals surface area contributed by atoms with Gasteiger partial charge in [0.15, 0.2) is 0 Å². The number of ketones is 1. The van der Waals surface area contributed by atoms with Gasteiger partial charge in [0.1, 0.15) is 5.76 Å². The van der Waals surface area contributed by atoms with Gasteiger partial charge in [0.2, 0.25) is 0 Å². The molecule has 0 bridgehead atoms. The van der Waals surface area contributed by atoms with Crippen molar-refractivity contribution in [3.8, 4) is 0 Å². The van der Waals surface area contributed by atoms with E-state index in [0.717, 1.165) is 11.0 Å². The number of carbonyl (C=O) groups is 2. The van der Waals surface area contributed by atoms with Crippen molar-refractivity contribution in [2.24, 2.45) is 0 Å². The van der Waals surface area contributed by atoms with E-state index in [9.17, 15) is 34.9 Å². The minimum atomic E-state index is -1.33. The van der Waals surface area contributed by atoms with E-state index < -0.39 is 38.9 Å². The van der Waals surface area contributed by atoms with Crippen LogP contribution in [0, 0.1) is 20.2 Å². The van der Waals surface area contributed by atoms with Gasteiger partial charge in [-0.2, -0.15) is 0 Å². The van der Waals surface area contributed by atoms with Crippen LogP contribution in [0.1, 0.15) is 17.2 Å². The molecular formula is C21H19N3O9. The highest BCUT2D eigenvalue weighted by molar-refractivity contribution is 6.46. The van der Waals surface area contributed by atoms with Gasteiger partial charge in [0.05, 0.1) is 46.8 Å². The molecule has 12 nitrogen and oxygen atoms in total. The molecule has 172 valence electrons. The summed E-state index contributed by atoms with van der Waals surface area (Å²) in [6.07, 6.45) is 0. The minimum absolute atomic E-state index is 0.0177. The Labute approximate surface area is 186 Å². The Bertz CT molecular complexity index is 1150. The summed E-state index contributed by atoms with van der Waals surface area (Å²) in [5, 5.41) is 42.5. The van der Waals surface area contributed by atoms with Crippen LogP contribution in [0.4, 0.5) is 11.4 Å². The molecule has 1 heterocycles. The van der Waals surface area contributed by atoms with Crippen molar-refractivity contribution in [1.29, 1.82) is 0 Å². The van der Waals surface area contributed by atoms with Crippen LogP contribution in [-0.2, 0) is 14.3 Å². The topological polar surface area (TPSA) is 173 Å². The number of aliphatic hydroxyl groups excluding tert-OH is 2. The molecule has 2 aromatic carbocycles. The molecule has 0 aliphatic carbocycles. The highest BCUT2D eigenvalue weighted by Gasteiger charge is 2.48. The van der Waals surface area contributed by atoms with Crippen LogP contribution in [-0.4, -0.2) is 63.0 Å². The zero-order valence-corrected chi connectivity index (χ0v) is 17.1. The number of carbonyl (C=O) groups excluding carboxylic acids is 2. The maximum absolute atomic E-state index is 12.9. The van der Waals surface area contributed by atoms with Gasteiger partial charge in [-0.05, 0) is 6.07 Å². The Balaban J connectivity index is 2.18. The molecule has 2 N–H and O–H groups in total. The van der Waals surface area contributed by atoms with Crippen LogP contribution < -0.4 is 0 Å². The molecule has 0 aromatic heterocycles. The molecule has 3 rings (SSSR count). The Hall–Kier alpha value is -4.16. The third kappa shape index (κ3) is 4.71. The molecule has 1 aliphatic heterocycles. The fraction of sp³-hybridized carbons (Fsp3) is 0.238. The lowest BCUT2D eigenvalue weighted by atomic mass is 9.94. The number of nitro groups is 2. The number of likely N-dealkylation sites (tertiary alicyclic amines) is 1. The van der Waals surface area contributed by atoms with E-state index >= 15 is 0 Å². The first-order valence-electron chi connectivity index (χ1n) is 9.73. The summed E-state index contributed by atoms with van der Waals surface area (Å²) in [5.74, 6) is -2.80. The van der Waals surface area contributed by atoms with E-state index in [-0.39, 0.29) is 48.9 Å². The average Bonchev–Trinajstić information content (AvgIpc) is 3.06. The van der Waals surface area contributed by atoms with Crippen LogP contribution in [0.3, 0.4) is 0 Å². The molecule has 12 heteroatoms. The lowest BCUT2D eigenvalue weighted by molar-refractivity contribution is -0.385. The van der Waals surface area contributed by atoms with Crippen molar-refractivity contribution in [1.82, 2.24) is 4.90 Å². The Kier molecular flexibility index (Phi) is 7.10. The molecular weight excluding hydrogens is 438 g/mol. The second kappa shape index (κ2) is 9.97. The number of benzene rings is 2. The van der Waals surface area contributed by atoms with Gasteiger partial charge in [-0.1, -0.05) is 24.3 Å². The number of Topliss-reactive ketones (excluding diaryl/α,β-unsaturated/α-hetero) is 1. The third-order valence-electron chi connectivity index (χ3n) is 5.01. The zero-order chi connectivity index (χ0) is 24.1. The molecule has 1 amide bonds. The van der Waals surface area contributed by atoms with Gasteiger partial charge in [-0.15, -0.1) is 0 Å². The molecule has 1 fully saturated rings. The van der Waals surface area contributed by atoms with Gasteiger partial charge < -0.3 is 19.8 Å². The summed E-state index contributed by atoms with van der Waals surface area (Å²) in [5.41, 5.74) is -1.28. The third-order valence-corrected chi connectivity index (χ3v) is 5.01. The summed E-state index contributed by atoms with van der Waals surface area (Å²) in [6, 6.07) is 8.96. The van der Waals surface area contributed by atoms with Crippen molar-refractivity contribution in [2.75, 3.05) is 26.4 Å². The predicted molar refractivity (Wildman–Crippen MR) is 113 cm³/mol. The van der Waals surface area contributed by atoms with Crippen LogP contribution in [0.5, 0.6) is 0 Å². The molecule has 0 saturated carbocycles. The summed E-state index contributed by atoms with van der Waals surface area (Å²) in [4.78, 5) is 48.1. The number of aliphatic hydroxyl groups is 2.